The Kier molecular flexibility index (Phi) is 5.80. The molecular weight excluding hydrogens is 356 g/mol. The lowest BCUT2D eigenvalue weighted by Crippen LogP contribution is -2.29. The fourth-order valence-corrected chi connectivity index (χ4v) is 1.82. The first kappa shape index (κ1) is 12.4. The standard InChI is InChI=1S/C6H11Br3OSi/c1-5(2)4-10-6(3)11(7,8)9/h6H,1,4H2,2-3H3. The molecule has 0 amide bonds. The van der Waals surface area contributed by atoms with Gasteiger partial charge in [0.15, 0.2) is 0 Å². The summed E-state index contributed by atoms with van der Waals surface area (Å²) < 4.78 is 3.84. The van der Waals surface area contributed by atoms with Gasteiger partial charge in [-0.1, -0.05) is 58.0 Å². The maximum absolute atomic E-state index is 5.49. The van der Waals surface area contributed by atoms with Gasteiger partial charge in [0.05, 0.1) is 12.3 Å². The zero-order chi connectivity index (χ0) is 9.07. The minimum Gasteiger partial charge on any atom is -0.375 e. The van der Waals surface area contributed by atoms with Crippen molar-refractivity contribution in [2.45, 2.75) is 19.6 Å². The van der Waals surface area contributed by atoms with E-state index in [4.69, 9.17) is 4.74 Å². The molecule has 66 valence electrons. The predicted octanol–water partition coefficient (Wildman–Crippen LogP) is 3.63. The largest absolute Gasteiger partial charge is 0.375 e. The molecule has 0 N–H and O–H groups in total. The molecule has 0 aromatic heterocycles. The van der Waals surface area contributed by atoms with Crippen molar-refractivity contribution in [1.82, 2.24) is 0 Å². The predicted molar refractivity (Wildman–Crippen MR) is 62.8 cm³/mol. The molecule has 0 aliphatic heterocycles. The summed E-state index contributed by atoms with van der Waals surface area (Å²) in [4.78, 5) is 0. The van der Waals surface area contributed by atoms with Gasteiger partial charge >= 0.3 is 0 Å². The molecular formula is C6H11Br3OSi. The number of hydrogen-bond acceptors (Lipinski definition) is 1. The maximum atomic E-state index is 5.49. The van der Waals surface area contributed by atoms with E-state index in [1.807, 2.05) is 13.8 Å². The first-order chi connectivity index (χ1) is 4.84. The molecule has 1 nitrogen and oxygen atoms in total. The van der Waals surface area contributed by atoms with Gasteiger partial charge in [0.2, 0.25) is 0 Å². The molecule has 0 spiro atoms. The van der Waals surface area contributed by atoms with Crippen LogP contribution < -0.4 is 0 Å². The highest BCUT2D eigenvalue weighted by atomic mass is 80.0. The number of ether oxygens (including phenoxy) is 1. The molecule has 0 heterocycles. The van der Waals surface area contributed by atoms with Gasteiger partial charge in [-0.05, 0) is 13.8 Å². The van der Waals surface area contributed by atoms with Gasteiger partial charge in [-0.3, -0.25) is 0 Å². The lowest BCUT2D eigenvalue weighted by molar-refractivity contribution is 0.138. The summed E-state index contributed by atoms with van der Waals surface area (Å²) in [5.41, 5.74) is 1.22. The van der Waals surface area contributed by atoms with Gasteiger partial charge in [0.1, 0.15) is 0 Å². The lowest BCUT2D eigenvalue weighted by atomic mass is 10.4. The van der Waals surface area contributed by atoms with Gasteiger partial charge in [-0.15, -0.1) is 0 Å². The Morgan fingerprint density at radius 2 is 2.00 bits per heavy atom. The van der Waals surface area contributed by atoms with Crippen molar-refractivity contribution in [2.75, 3.05) is 6.61 Å². The Hall–Kier alpha value is 1.36. The van der Waals surface area contributed by atoms with Gasteiger partial charge in [-0.2, -0.15) is 0 Å². The molecule has 0 aromatic rings. The zero-order valence-corrected chi connectivity index (χ0v) is 12.3. The minimum atomic E-state index is -1.65. The summed E-state index contributed by atoms with van der Waals surface area (Å²) in [5.74, 6) is 0. The van der Waals surface area contributed by atoms with Crippen LogP contribution in [0.1, 0.15) is 13.8 Å². The number of hydrogen-bond donors (Lipinski definition) is 0. The molecule has 0 radical (unpaired) electrons. The molecule has 5 heteroatoms. The second-order valence-corrected chi connectivity index (χ2v) is 25.2. The van der Waals surface area contributed by atoms with Crippen molar-refractivity contribution >= 4 is 49.8 Å². The Morgan fingerprint density at radius 1 is 1.55 bits per heavy atom. The van der Waals surface area contributed by atoms with Gasteiger partial charge < -0.3 is 4.74 Å². The quantitative estimate of drug-likeness (QED) is 0.419. The van der Waals surface area contributed by atoms with E-state index >= 15 is 0 Å². The summed E-state index contributed by atoms with van der Waals surface area (Å²) in [6.45, 7) is 8.35. The van der Waals surface area contributed by atoms with E-state index in [1.54, 1.807) is 0 Å². The van der Waals surface area contributed by atoms with E-state index in [1.165, 1.54) is 0 Å². The third-order valence-electron chi connectivity index (χ3n) is 1.04. The highest BCUT2D eigenvalue weighted by Crippen LogP contribution is 2.32. The first-order valence-electron chi connectivity index (χ1n) is 3.16. The van der Waals surface area contributed by atoms with E-state index in [9.17, 15) is 0 Å². The molecule has 1 unspecified atom stereocenters. The fourth-order valence-electron chi connectivity index (χ4n) is 0.362. The second-order valence-electron chi connectivity index (χ2n) is 2.45. The first-order valence-corrected chi connectivity index (χ1v) is 12.0. The molecule has 0 fully saturated rings. The summed E-state index contributed by atoms with van der Waals surface area (Å²) in [6.07, 6.45) is 0. The highest BCUT2D eigenvalue weighted by molar-refractivity contribution is 9.72. The summed E-state index contributed by atoms with van der Waals surface area (Å²) >= 11 is 10.5. The SMILES string of the molecule is C=C(C)COC(C)[Si](Br)(Br)Br. The average Bonchev–Trinajstić information content (AvgIpc) is 1.80. The van der Waals surface area contributed by atoms with Gasteiger partial charge in [0, 0.05) is 0 Å². The Bertz CT molecular complexity index is 143. The van der Waals surface area contributed by atoms with Crippen LogP contribution in [0.4, 0.5) is 0 Å². The molecule has 0 rings (SSSR count). The van der Waals surface area contributed by atoms with E-state index < -0.39 is 3.93 Å². The van der Waals surface area contributed by atoms with Crippen LogP contribution in [0.2, 0.25) is 0 Å². The van der Waals surface area contributed by atoms with Crippen LogP contribution in [0, 0.1) is 0 Å². The van der Waals surface area contributed by atoms with Crippen LogP contribution in [0.25, 0.3) is 0 Å². The topological polar surface area (TPSA) is 9.23 Å². The Morgan fingerprint density at radius 3 is 2.27 bits per heavy atom. The number of rotatable bonds is 4. The van der Waals surface area contributed by atoms with E-state index in [0.29, 0.717) is 6.61 Å². The minimum absolute atomic E-state index is 0.180. The van der Waals surface area contributed by atoms with Crippen molar-refractivity contribution in [3.05, 3.63) is 12.2 Å². The van der Waals surface area contributed by atoms with Crippen molar-refractivity contribution in [3.63, 3.8) is 0 Å². The maximum Gasteiger partial charge on any atom is 0.294 e. The van der Waals surface area contributed by atoms with Crippen molar-refractivity contribution in [1.29, 1.82) is 0 Å². The molecule has 0 aliphatic carbocycles. The third kappa shape index (κ3) is 6.51. The Balaban J connectivity index is 3.70. The van der Waals surface area contributed by atoms with Gasteiger partial charge in [-0.25, -0.2) is 0 Å². The average molecular weight is 367 g/mol. The van der Waals surface area contributed by atoms with E-state index in [0.717, 1.165) is 5.57 Å². The Labute approximate surface area is 92.3 Å². The van der Waals surface area contributed by atoms with E-state index in [-0.39, 0.29) is 5.73 Å². The highest BCUT2D eigenvalue weighted by Gasteiger charge is 2.31. The zero-order valence-electron chi connectivity index (χ0n) is 6.53. The second kappa shape index (κ2) is 5.17. The smallest absolute Gasteiger partial charge is 0.294 e. The molecule has 0 saturated heterocycles. The van der Waals surface area contributed by atoms with Crippen LogP contribution in [-0.4, -0.2) is 16.3 Å². The monoisotopic (exact) mass is 364 g/mol. The summed E-state index contributed by atoms with van der Waals surface area (Å²) in [7, 11) is 0. The van der Waals surface area contributed by atoms with Crippen molar-refractivity contribution < 1.29 is 4.74 Å². The van der Waals surface area contributed by atoms with Gasteiger partial charge in [0.25, 0.3) is 3.93 Å². The normalized spacial score (nSPS) is 14.6. The van der Waals surface area contributed by atoms with Crippen molar-refractivity contribution in [3.8, 4) is 0 Å². The van der Waals surface area contributed by atoms with Crippen LogP contribution in [-0.2, 0) is 4.74 Å². The van der Waals surface area contributed by atoms with Crippen LogP contribution in [0.5, 0.6) is 0 Å². The summed E-state index contributed by atoms with van der Waals surface area (Å²) in [5, 5.41) is 0. The molecule has 0 saturated carbocycles. The van der Waals surface area contributed by atoms with Crippen LogP contribution in [0.15, 0.2) is 12.2 Å². The van der Waals surface area contributed by atoms with Crippen LogP contribution >= 0.6 is 45.9 Å². The number of halogens is 3. The fraction of sp³-hybridized carbons (Fsp3) is 0.667. The molecule has 0 bridgehead atoms. The molecule has 0 aromatic carbocycles. The third-order valence-corrected chi connectivity index (χ3v) is 7.93. The lowest BCUT2D eigenvalue weighted by Gasteiger charge is -2.19. The molecule has 0 aliphatic rings. The van der Waals surface area contributed by atoms with E-state index in [2.05, 4.69) is 52.5 Å². The van der Waals surface area contributed by atoms with Crippen LogP contribution in [0.3, 0.4) is 0 Å². The summed E-state index contributed by atoms with van der Waals surface area (Å²) in [6, 6.07) is 0. The van der Waals surface area contributed by atoms with Crippen molar-refractivity contribution in [2.24, 2.45) is 0 Å². The molecule has 11 heavy (non-hydrogen) atoms. The molecule has 1 atom stereocenters.